The number of carbonyl (C=O) groups is 1. The van der Waals surface area contributed by atoms with Gasteiger partial charge in [-0.15, -0.1) is 0 Å². The van der Waals surface area contributed by atoms with Gasteiger partial charge in [-0.1, -0.05) is 0 Å². The lowest BCUT2D eigenvalue weighted by Crippen LogP contribution is -2.32. The highest BCUT2D eigenvalue weighted by atomic mass is 16.3. The molecule has 0 aromatic carbocycles. The van der Waals surface area contributed by atoms with E-state index in [4.69, 9.17) is 5.11 Å². The van der Waals surface area contributed by atoms with E-state index >= 15 is 0 Å². The molecule has 0 fully saturated rings. The second kappa shape index (κ2) is 2.41. The topological polar surface area (TPSA) is 66.6 Å². The second-order valence-electron chi connectivity index (χ2n) is 1.18. The maximum atomic E-state index is 9.92. The summed E-state index contributed by atoms with van der Waals surface area (Å²) in [6.45, 7) is -0.324. The molecule has 0 unspecified atom stereocenters. The fourth-order valence-corrected chi connectivity index (χ4v) is 0.0697. The lowest BCUT2D eigenvalue weighted by atomic mass is 10.8. The SMILES string of the molecule is CN(CO)C(N)=O. The normalized spacial score (nSPS) is 8.29. The molecule has 7 heavy (non-hydrogen) atoms. The molecule has 0 rings (SSSR count). The number of aliphatic hydroxyl groups excluding tert-OH is 1. The molecule has 0 heterocycles. The molecule has 4 nitrogen and oxygen atoms in total. The molecule has 0 aromatic heterocycles. The lowest BCUT2D eigenvalue weighted by Gasteiger charge is -2.07. The molecular formula is C3H8N2O2. The van der Waals surface area contributed by atoms with E-state index in [1.165, 1.54) is 7.05 Å². The number of amides is 2. The van der Waals surface area contributed by atoms with Crippen molar-refractivity contribution < 1.29 is 9.90 Å². The average molecular weight is 104 g/mol. The summed E-state index contributed by atoms with van der Waals surface area (Å²) < 4.78 is 0. The van der Waals surface area contributed by atoms with E-state index in [0.29, 0.717) is 0 Å². The summed E-state index contributed by atoms with van der Waals surface area (Å²) in [5.41, 5.74) is 4.67. The van der Waals surface area contributed by atoms with Crippen LogP contribution in [-0.2, 0) is 0 Å². The van der Waals surface area contributed by atoms with Crippen molar-refractivity contribution >= 4 is 6.03 Å². The number of nitrogens with zero attached hydrogens (tertiary/aromatic N) is 1. The number of rotatable bonds is 1. The first-order valence-electron chi connectivity index (χ1n) is 1.80. The van der Waals surface area contributed by atoms with Gasteiger partial charge in [-0.25, -0.2) is 4.79 Å². The van der Waals surface area contributed by atoms with E-state index in [1.807, 2.05) is 0 Å². The summed E-state index contributed by atoms with van der Waals surface area (Å²) in [6.07, 6.45) is 0. The molecule has 0 spiro atoms. The molecule has 0 aliphatic carbocycles. The molecule has 0 aliphatic heterocycles. The minimum absolute atomic E-state index is 0.324. The number of carbonyl (C=O) groups excluding carboxylic acids is 1. The van der Waals surface area contributed by atoms with Crippen molar-refractivity contribution in [3.8, 4) is 0 Å². The molecule has 0 aromatic rings. The van der Waals surface area contributed by atoms with Crippen LogP contribution in [-0.4, -0.2) is 29.8 Å². The van der Waals surface area contributed by atoms with Gasteiger partial charge in [0.05, 0.1) is 0 Å². The summed E-state index contributed by atoms with van der Waals surface area (Å²) in [6, 6.07) is -0.623. The van der Waals surface area contributed by atoms with Gasteiger partial charge in [0.1, 0.15) is 6.73 Å². The summed E-state index contributed by atoms with van der Waals surface area (Å²) in [4.78, 5) is 10.9. The predicted molar refractivity (Wildman–Crippen MR) is 24.4 cm³/mol. The highest BCUT2D eigenvalue weighted by Crippen LogP contribution is 1.72. The Labute approximate surface area is 41.5 Å². The number of aliphatic hydroxyl groups is 1. The first-order valence-corrected chi connectivity index (χ1v) is 1.80. The van der Waals surface area contributed by atoms with Crippen molar-refractivity contribution in [1.29, 1.82) is 0 Å². The van der Waals surface area contributed by atoms with Crippen LogP contribution in [0.25, 0.3) is 0 Å². The molecule has 3 N–H and O–H groups in total. The molecular weight excluding hydrogens is 96.0 g/mol. The molecule has 42 valence electrons. The molecule has 2 amide bonds. The number of nitrogens with two attached hydrogens (primary N) is 1. The van der Waals surface area contributed by atoms with E-state index in [2.05, 4.69) is 5.73 Å². The Morgan fingerprint density at radius 3 is 2.43 bits per heavy atom. The van der Waals surface area contributed by atoms with Gasteiger partial charge in [0.15, 0.2) is 0 Å². The van der Waals surface area contributed by atoms with Crippen molar-refractivity contribution in [3.63, 3.8) is 0 Å². The maximum absolute atomic E-state index is 9.92. The van der Waals surface area contributed by atoms with Gasteiger partial charge in [0, 0.05) is 7.05 Å². The Kier molecular flexibility index (Phi) is 2.15. The first kappa shape index (κ1) is 6.23. The standard InChI is InChI=1S/C3H8N2O2/c1-5(2-6)3(4)7/h6H,2H2,1H3,(H2,4,7). The van der Waals surface area contributed by atoms with Crippen LogP contribution in [0.1, 0.15) is 0 Å². The molecule has 4 heteroatoms. The summed E-state index contributed by atoms with van der Waals surface area (Å²) >= 11 is 0. The van der Waals surface area contributed by atoms with Gasteiger partial charge >= 0.3 is 6.03 Å². The maximum Gasteiger partial charge on any atom is 0.316 e. The highest BCUT2D eigenvalue weighted by Gasteiger charge is 1.95. The quantitative estimate of drug-likeness (QED) is 0.417. The molecule has 0 atom stereocenters. The summed E-state index contributed by atoms with van der Waals surface area (Å²) in [7, 11) is 1.41. The fourth-order valence-electron chi connectivity index (χ4n) is 0.0697. The van der Waals surface area contributed by atoms with E-state index in [-0.39, 0.29) is 6.73 Å². The van der Waals surface area contributed by atoms with Gasteiger partial charge in [-0.2, -0.15) is 0 Å². The van der Waals surface area contributed by atoms with Crippen molar-refractivity contribution in [1.82, 2.24) is 4.90 Å². The Morgan fingerprint density at radius 1 is 2.00 bits per heavy atom. The zero-order chi connectivity index (χ0) is 5.86. The number of hydrogen-bond acceptors (Lipinski definition) is 2. The smallest absolute Gasteiger partial charge is 0.316 e. The largest absolute Gasteiger partial charge is 0.376 e. The minimum Gasteiger partial charge on any atom is -0.376 e. The van der Waals surface area contributed by atoms with Gasteiger partial charge in [-0.3, -0.25) is 0 Å². The average Bonchev–Trinajstić information content (AvgIpc) is 1.65. The fraction of sp³-hybridized carbons (Fsp3) is 0.667. The van der Waals surface area contributed by atoms with Crippen LogP contribution < -0.4 is 5.73 Å². The molecule has 0 saturated heterocycles. The zero-order valence-corrected chi connectivity index (χ0v) is 4.09. The molecule has 0 aliphatic rings. The van der Waals surface area contributed by atoms with Crippen LogP contribution >= 0.6 is 0 Å². The predicted octanol–water partition coefficient (Wildman–Crippen LogP) is -1.05. The number of urea groups is 1. The van der Waals surface area contributed by atoms with E-state index in [9.17, 15) is 4.79 Å². The Hall–Kier alpha value is -0.770. The number of primary amides is 1. The van der Waals surface area contributed by atoms with E-state index < -0.39 is 6.03 Å². The van der Waals surface area contributed by atoms with Gasteiger partial charge in [0.2, 0.25) is 0 Å². The van der Waals surface area contributed by atoms with Crippen LogP contribution in [0.15, 0.2) is 0 Å². The van der Waals surface area contributed by atoms with E-state index in [0.717, 1.165) is 4.90 Å². The Bertz CT molecular complexity index is 73.3. The van der Waals surface area contributed by atoms with Crippen LogP contribution in [0.4, 0.5) is 4.79 Å². The molecule has 0 bridgehead atoms. The Balaban J connectivity index is 3.34. The van der Waals surface area contributed by atoms with Crippen molar-refractivity contribution in [2.24, 2.45) is 5.73 Å². The van der Waals surface area contributed by atoms with Gasteiger partial charge in [-0.05, 0) is 0 Å². The van der Waals surface area contributed by atoms with Crippen molar-refractivity contribution in [2.45, 2.75) is 0 Å². The number of hydrogen-bond donors (Lipinski definition) is 2. The van der Waals surface area contributed by atoms with Crippen molar-refractivity contribution in [3.05, 3.63) is 0 Å². The molecule has 0 saturated carbocycles. The third kappa shape index (κ3) is 1.99. The van der Waals surface area contributed by atoms with Crippen LogP contribution in [0.3, 0.4) is 0 Å². The van der Waals surface area contributed by atoms with Gasteiger partial charge in [0.25, 0.3) is 0 Å². The zero-order valence-electron chi connectivity index (χ0n) is 4.09. The summed E-state index contributed by atoms with van der Waals surface area (Å²) in [5.74, 6) is 0. The first-order chi connectivity index (χ1) is 3.18. The third-order valence-electron chi connectivity index (χ3n) is 0.588. The molecule has 0 radical (unpaired) electrons. The Morgan fingerprint density at radius 2 is 2.43 bits per heavy atom. The van der Waals surface area contributed by atoms with Crippen LogP contribution in [0.5, 0.6) is 0 Å². The summed E-state index contributed by atoms with van der Waals surface area (Å²) in [5, 5.41) is 8.13. The minimum atomic E-state index is -0.623. The van der Waals surface area contributed by atoms with Crippen LogP contribution in [0, 0.1) is 0 Å². The van der Waals surface area contributed by atoms with E-state index in [1.54, 1.807) is 0 Å². The van der Waals surface area contributed by atoms with Gasteiger partial charge < -0.3 is 15.7 Å². The lowest BCUT2D eigenvalue weighted by molar-refractivity contribution is 0.146. The monoisotopic (exact) mass is 104 g/mol. The highest BCUT2D eigenvalue weighted by molar-refractivity contribution is 5.71. The van der Waals surface area contributed by atoms with Crippen molar-refractivity contribution in [2.75, 3.05) is 13.8 Å². The third-order valence-corrected chi connectivity index (χ3v) is 0.588. The second-order valence-corrected chi connectivity index (χ2v) is 1.18. The van der Waals surface area contributed by atoms with Crippen LogP contribution in [0.2, 0.25) is 0 Å².